The van der Waals surface area contributed by atoms with Gasteiger partial charge < -0.3 is 19.3 Å². The Bertz CT molecular complexity index is 733. The molecule has 0 radical (unpaired) electrons. The number of hydrogen-bond donors (Lipinski definition) is 1. The summed E-state index contributed by atoms with van der Waals surface area (Å²) in [4.78, 5) is 23.5. The van der Waals surface area contributed by atoms with E-state index in [0.29, 0.717) is 42.7 Å². The van der Waals surface area contributed by atoms with E-state index in [1.54, 1.807) is 0 Å². The number of carbonyl (C=O) groups is 2. The molecule has 0 spiro atoms. The molecule has 1 heterocycles. The Hall–Kier alpha value is -2.50. The van der Waals surface area contributed by atoms with Gasteiger partial charge in [0.25, 0.3) is 0 Å². The number of fused-ring (bicyclic) bond motifs is 1. The molecule has 0 aliphatic carbocycles. The van der Waals surface area contributed by atoms with Crippen molar-refractivity contribution in [2.75, 3.05) is 13.7 Å². The molecule has 0 amide bonds. The van der Waals surface area contributed by atoms with Crippen molar-refractivity contribution in [1.29, 1.82) is 0 Å². The van der Waals surface area contributed by atoms with Crippen LogP contribution >= 0.6 is 0 Å². The van der Waals surface area contributed by atoms with Crippen molar-refractivity contribution in [3.8, 4) is 11.5 Å². The molecule has 6 heteroatoms. The van der Waals surface area contributed by atoms with Crippen molar-refractivity contribution in [2.24, 2.45) is 0 Å². The van der Waals surface area contributed by atoms with E-state index in [2.05, 4.69) is 0 Å². The molecule has 1 N–H and O–H groups in total. The van der Waals surface area contributed by atoms with Gasteiger partial charge in [0.1, 0.15) is 23.7 Å². The smallest absolute Gasteiger partial charge is 0.342 e. The fourth-order valence-electron chi connectivity index (χ4n) is 2.99. The molecule has 0 saturated heterocycles. The molecule has 26 heavy (non-hydrogen) atoms. The fraction of sp³-hybridized carbons (Fsp3) is 0.500. The number of methoxy groups -OCH3 is 1. The van der Waals surface area contributed by atoms with Crippen molar-refractivity contribution >= 4 is 11.9 Å². The van der Waals surface area contributed by atoms with Gasteiger partial charge in [-0.2, -0.15) is 0 Å². The average Bonchev–Trinajstić information content (AvgIpc) is 3.02. The Morgan fingerprint density at radius 1 is 1.35 bits per heavy atom. The zero-order valence-electron chi connectivity index (χ0n) is 15.8. The van der Waals surface area contributed by atoms with Crippen LogP contribution in [-0.4, -0.2) is 30.8 Å². The summed E-state index contributed by atoms with van der Waals surface area (Å²) in [5, 5.41) is 10.6. The van der Waals surface area contributed by atoms with Crippen molar-refractivity contribution in [3.63, 3.8) is 0 Å². The maximum atomic E-state index is 11.9. The van der Waals surface area contributed by atoms with Gasteiger partial charge >= 0.3 is 11.9 Å². The first-order chi connectivity index (χ1) is 12.4. The number of hydrogen-bond acceptors (Lipinski definition) is 6. The minimum Gasteiger partial charge on any atom is -0.507 e. The SMILES string of the molecule is CCCOC(=O)CCC(C)=CCc1c(O)c2c(c(C)c1OC)COC2=O. The van der Waals surface area contributed by atoms with Crippen molar-refractivity contribution in [1.82, 2.24) is 0 Å². The van der Waals surface area contributed by atoms with E-state index >= 15 is 0 Å². The second-order valence-corrected chi connectivity index (χ2v) is 6.39. The number of rotatable bonds is 8. The molecule has 0 atom stereocenters. The van der Waals surface area contributed by atoms with Gasteiger partial charge in [-0.25, -0.2) is 4.79 Å². The molecule has 1 aliphatic heterocycles. The Morgan fingerprint density at radius 2 is 2.08 bits per heavy atom. The number of allylic oxidation sites excluding steroid dienone is 2. The van der Waals surface area contributed by atoms with E-state index in [1.165, 1.54) is 7.11 Å². The molecule has 6 nitrogen and oxygen atoms in total. The van der Waals surface area contributed by atoms with Crippen LogP contribution in [0.15, 0.2) is 11.6 Å². The highest BCUT2D eigenvalue weighted by Crippen LogP contribution is 2.42. The maximum Gasteiger partial charge on any atom is 0.342 e. The molecule has 1 aromatic rings. The number of carbonyl (C=O) groups excluding carboxylic acids is 2. The molecule has 0 unspecified atom stereocenters. The van der Waals surface area contributed by atoms with E-state index in [-0.39, 0.29) is 23.9 Å². The molecule has 1 aliphatic rings. The third-order valence-electron chi connectivity index (χ3n) is 4.49. The van der Waals surface area contributed by atoms with E-state index < -0.39 is 5.97 Å². The molecule has 142 valence electrons. The normalized spacial score (nSPS) is 13.4. The highest BCUT2D eigenvalue weighted by atomic mass is 16.5. The van der Waals surface area contributed by atoms with Crippen LogP contribution in [0, 0.1) is 6.92 Å². The number of ether oxygens (including phenoxy) is 3. The van der Waals surface area contributed by atoms with Gasteiger partial charge in [0.2, 0.25) is 0 Å². The van der Waals surface area contributed by atoms with Crippen LogP contribution in [0.25, 0.3) is 0 Å². The number of phenolic OH excluding ortho intramolecular Hbond substituents is 1. The van der Waals surface area contributed by atoms with Crippen LogP contribution in [-0.2, 0) is 27.3 Å². The third-order valence-corrected chi connectivity index (χ3v) is 4.49. The van der Waals surface area contributed by atoms with E-state index in [1.807, 2.05) is 26.8 Å². The number of benzene rings is 1. The summed E-state index contributed by atoms with van der Waals surface area (Å²) >= 11 is 0. The lowest BCUT2D eigenvalue weighted by Crippen LogP contribution is -2.05. The molecular formula is C20H26O6. The summed E-state index contributed by atoms with van der Waals surface area (Å²) in [5.74, 6) is -0.248. The standard InChI is InChI=1S/C20H26O6/c1-5-10-25-16(21)9-7-12(2)6-8-14-18(22)17-15(11-26-20(17)23)13(3)19(14)24-4/h6,22H,5,7-11H2,1-4H3. The quantitative estimate of drug-likeness (QED) is 0.562. The van der Waals surface area contributed by atoms with Crippen molar-refractivity contribution in [2.45, 2.75) is 53.1 Å². The monoisotopic (exact) mass is 362 g/mol. The molecular weight excluding hydrogens is 336 g/mol. The summed E-state index contributed by atoms with van der Waals surface area (Å²) < 4.78 is 15.6. The molecule has 1 aromatic carbocycles. The minimum atomic E-state index is -0.510. The number of phenols is 1. The lowest BCUT2D eigenvalue weighted by Gasteiger charge is -2.15. The van der Waals surface area contributed by atoms with Crippen LogP contribution in [0.4, 0.5) is 0 Å². The zero-order chi connectivity index (χ0) is 19.3. The van der Waals surface area contributed by atoms with Gasteiger partial charge in [0, 0.05) is 17.5 Å². The molecule has 0 bridgehead atoms. The predicted molar refractivity (Wildman–Crippen MR) is 96.5 cm³/mol. The number of esters is 2. The Morgan fingerprint density at radius 3 is 2.73 bits per heavy atom. The Kier molecular flexibility index (Phi) is 6.66. The van der Waals surface area contributed by atoms with E-state index in [0.717, 1.165) is 17.6 Å². The van der Waals surface area contributed by atoms with Crippen LogP contribution < -0.4 is 4.74 Å². The largest absolute Gasteiger partial charge is 0.507 e. The van der Waals surface area contributed by atoms with Gasteiger partial charge in [-0.15, -0.1) is 0 Å². The first-order valence-corrected chi connectivity index (χ1v) is 8.80. The lowest BCUT2D eigenvalue weighted by atomic mass is 9.94. The topological polar surface area (TPSA) is 82.1 Å². The fourth-order valence-corrected chi connectivity index (χ4v) is 2.99. The predicted octanol–water partition coefficient (Wildman–Crippen LogP) is 3.60. The van der Waals surface area contributed by atoms with E-state index in [4.69, 9.17) is 14.2 Å². The first-order valence-electron chi connectivity index (χ1n) is 8.80. The van der Waals surface area contributed by atoms with Crippen molar-refractivity contribution < 1.29 is 28.9 Å². The summed E-state index contributed by atoms with van der Waals surface area (Å²) in [5.41, 5.74) is 3.26. The summed E-state index contributed by atoms with van der Waals surface area (Å²) in [6.07, 6.45) is 4.03. The van der Waals surface area contributed by atoms with Gasteiger partial charge in [0.05, 0.1) is 13.7 Å². The number of cyclic esters (lactones) is 1. The first kappa shape index (κ1) is 19.8. The van der Waals surface area contributed by atoms with Gasteiger partial charge in [0.15, 0.2) is 0 Å². The van der Waals surface area contributed by atoms with Crippen LogP contribution in [0.1, 0.15) is 60.2 Å². The van der Waals surface area contributed by atoms with Gasteiger partial charge in [-0.3, -0.25) is 4.79 Å². The zero-order valence-corrected chi connectivity index (χ0v) is 15.8. The number of aromatic hydroxyl groups is 1. The third kappa shape index (κ3) is 4.18. The Labute approximate surface area is 153 Å². The minimum absolute atomic E-state index is 0.0867. The van der Waals surface area contributed by atoms with Crippen molar-refractivity contribution in [3.05, 3.63) is 33.9 Å². The Balaban J connectivity index is 2.16. The highest BCUT2D eigenvalue weighted by Gasteiger charge is 2.31. The summed E-state index contributed by atoms with van der Waals surface area (Å²) in [6.45, 7) is 6.32. The van der Waals surface area contributed by atoms with Gasteiger partial charge in [-0.05, 0) is 38.7 Å². The molecule has 2 rings (SSSR count). The maximum absolute atomic E-state index is 11.9. The van der Waals surface area contributed by atoms with Gasteiger partial charge in [-0.1, -0.05) is 18.6 Å². The molecule has 0 fully saturated rings. The summed E-state index contributed by atoms with van der Waals surface area (Å²) in [6, 6.07) is 0. The average molecular weight is 362 g/mol. The summed E-state index contributed by atoms with van der Waals surface area (Å²) in [7, 11) is 1.54. The molecule has 0 aromatic heterocycles. The second kappa shape index (κ2) is 8.74. The molecule has 0 saturated carbocycles. The van der Waals surface area contributed by atoms with Crippen LogP contribution in [0.3, 0.4) is 0 Å². The second-order valence-electron chi connectivity index (χ2n) is 6.39. The highest BCUT2D eigenvalue weighted by molar-refractivity contribution is 5.98. The van der Waals surface area contributed by atoms with Crippen LogP contribution in [0.5, 0.6) is 11.5 Å². The van der Waals surface area contributed by atoms with Crippen LogP contribution in [0.2, 0.25) is 0 Å². The van der Waals surface area contributed by atoms with E-state index in [9.17, 15) is 14.7 Å². The lowest BCUT2D eigenvalue weighted by molar-refractivity contribution is -0.143.